The predicted molar refractivity (Wildman–Crippen MR) is 114 cm³/mol. The molecule has 0 spiro atoms. The standard InChI is InChI=1S/C20H24Cl2N2O3S/c1-14-4-3-11-24(13-14)16-7-5-15(6-8-16)12-23-28(25,26)18-10-9-17(27-2)19(21)20(18)22/h5-10,14,23H,3-4,11-13H2,1-2H3. The molecular formula is C20H24Cl2N2O3S. The topological polar surface area (TPSA) is 58.6 Å². The lowest BCUT2D eigenvalue weighted by atomic mass is 9.99. The predicted octanol–water partition coefficient (Wildman–Crippen LogP) is 4.72. The third-order valence-corrected chi connectivity index (χ3v) is 7.37. The van der Waals surface area contributed by atoms with Crippen LogP contribution in [0.15, 0.2) is 41.3 Å². The van der Waals surface area contributed by atoms with Crippen molar-refractivity contribution >= 4 is 38.9 Å². The van der Waals surface area contributed by atoms with Gasteiger partial charge in [0.15, 0.2) is 0 Å². The van der Waals surface area contributed by atoms with Gasteiger partial charge in [-0.2, -0.15) is 0 Å². The molecule has 2 aromatic rings. The van der Waals surface area contributed by atoms with Crippen molar-refractivity contribution in [1.82, 2.24) is 4.72 Å². The van der Waals surface area contributed by atoms with Gasteiger partial charge >= 0.3 is 0 Å². The first-order chi connectivity index (χ1) is 13.3. The third kappa shape index (κ3) is 4.74. The number of rotatable bonds is 6. The third-order valence-electron chi connectivity index (χ3n) is 4.95. The van der Waals surface area contributed by atoms with Gasteiger partial charge in [0.25, 0.3) is 0 Å². The number of sulfonamides is 1. The Morgan fingerprint density at radius 1 is 1.14 bits per heavy atom. The summed E-state index contributed by atoms with van der Waals surface area (Å²) in [5.74, 6) is 1.02. The minimum absolute atomic E-state index is 0.0527. The van der Waals surface area contributed by atoms with Crippen molar-refractivity contribution in [2.45, 2.75) is 31.2 Å². The van der Waals surface area contributed by atoms with Crippen LogP contribution in [0.25, 0.3) is 0 Å². The van der Waals surface area contributed by atoms with E-state index in [1.807, 2.05) is 24.3 Å². The number of nitrogens with one attached hydrogen (secondary N) is 1. The Bertz CT molecular complexity index is 933. The first-order valence-electron chi connectivity index (χ1n) is 9.17. The summed E-state index contributed by atoms with van der Waals surface area (Å²) in [5, 5.41) is 0.0234. The molecule has 5 nitrogen and oxygen atoms in total. The van der Waals surface area contributed by atoms with Crippen LogP contribution in [0.1, 0.15) is 25.3 Å². The second-order valence-corrected chi connectivity index (χ2v) is 9.57. The highest BCUT2D eigenvalue weighted by atomic mass is 35.5. The number of piperidine rings is 1. The maximum absolute atomic E-state index is 12.6. The number of nitrogens with zero attached hydrogens (tertiary/aromatic N) is 1. The van der Waals surface area contributed by atoms with Crippen LogP contribution in [0.3, 0.4) is 0 Å². The Balaban J connectivity index is 1.69. The molecule has 1 aliphatic rings. The van der Waals surface area contributed by atoms with Crippen LogP contribution in [-0.4, -0.2) is 28.6 Å². The van der Waals surface area contributed by atoms with Crippen LogP contribution in [-0.2, 0) is 16.6 Å². The summed E-state index contributed by atoms with van der Waals surface area (Å²) in [6.45, 7) is 4.56. The van der Waals surface area contributed by atoms with Crippen LogP contribution < -0.4 is 14.4 Å². The molecule has 28 heavy (non-hydrogen) atoms. The summed E-state index contributed by atoms with van der Waals surface area (Å²) in [5.41, 5.74) is 2.04. The van der Waals surface area contributed by atoms with Gasteiger partial charge in [-0.05, 0) is 48.6 Å². The van der Waals surface area contributed by atoms with Crippen molar-refractivity contribution in [3.8, 4) is 5.75 Å². The van der Waals surface area contributed by atoms with Gasteiger partial charge in [0.2, 0.25) is 10.0 Å². The zero-order valence-electron chi connectivity index (χ0n) is 15.9. The Hall–Kier alpha value is -1.47. The van der Waals surface area contributed by atoms with E-state index < -0.39 is 10.0 Å². The number of benzene rings is 2. The van der Waals surface area contributed by atoms with Crippen LogP contribution in [0, 0.1) is 5.92 Å². The van der Waals surface area contributed by atoms with Gasteiger partial charge in [-0.25, -0.2) is 13.1 Å². The molecule has 1 saturated heterocycles. The molecule has 2 aromatic carbocycles. The first-order valence-corrected chi connectivity index (χ1v) is 11.4. The van der Waals surface area contributed by atoms with E-state index in [0.29, 0.717) is 11.7 Å². The lowest BCUT2D eigenvalue weighted by Crippen LogP contribution is -2.34. The highest BCUT2D eigenvalue weighted by Gasteiger charge is 2.22. The molecule has 0 aliphatic carbocycles. The molecule has 1 fully saturated rings. The van der Waals surface area contributed by atoms with Gasteiger partial charge in [-0.15, -0.1) is 0 Å². The molecule has 152 valence electrons. The zero-order chi connectivity index (χ0) is 20.3. The lowest BCUT2D eigenvalue weighted by Gasteiger charge is -2.32. The van der Waals surface area contributed by atoms with E-state index >= 15 is 0 Å². The van der Waals surface area contributed by atoms with Crippen LogP contribution in [0.5, 0.6) is 5.75 Å². The minimum Gasteiger partial charge on any atom is -0.495 e. The molecule has 0 saturated carbocycles. The maximum Gasteiger partial charge on any atom is 0.242 e. The second-order valence-electron chi connectivity index (χ2n) is 7.08. The van der Waals surface area contributed by atoms with Gasteiger partial charge in [0, 0.05) is 25.3 Å². The monoisotopic (exact) mass is 442 g/mol. The van der Waals surface area contributed by atoms with Crippen LogP contribution in [0.2, 0.25) is 10.0 Å². The molecular weight excluding hydrogens is 419 g/mol. The van der Waals surface area contributed by atoms with Crippen molar-refractivity contribution < 1.29 is 13.2 Å². The van der Waals surface area contributed by atoms with E-state index in [-0.39, 0.29) is 21.5 Å². The number of anilines is 1. The second kappa shape index (κ2) is 8.91. The zero-order valence-corrected chi connectivity index (χ0v) is 18.2. The van der Waals surface area contributed by atoms with Gasteiger partial charge in [-0.3, -0.25) is 0 Å². The van der Waals surface area contributed by atoms with E-state index in [1.165, 1.54) is 37.8 Å². The lowest BCUT2D eigenvalue weighted by molar-refractivity contribution is 0.414. The van der Waals surface area contributed by atoms with E-state index in [2.05, 4.69) is 16.5 Å². The van der Waals surface area contributed by atoms with E-state index in [9.17, 15) is 8.42 Å². The fourth-order valence-electron chi connectivity index (χ4n) is 3.38. The highest BCUT2D eigenvalue weighted by molar-refractivity contribution is 7.89. The minimum atomic E-state index is -3.81. The van der Waals surface area contributed by atoms with Gasteiger partial charge in [0.05, 0.1) is 12.1 Å². The van der Waals surface area contributed by atoms with E-state index in [0.717, 1.165) is 18.7 Å². The van der Waals surface area contributed by atoms with E-state index in [1.54, 1.807) is 0 Å². The first kappa shape index (κ1) is 21.2. The number of halogens is 2. The largest absolute Gasteiger partial charge is 0.495 e. The Kier molecular flexibility index (Phi) is 6.76. The molecule has 1 atom stereocenters. The fraction of sp³-hybridized carbons (Fsp3) is 0.400. The number of hydrogen-bond donors (Lipinski definition) is 1. The maximum atomic E-state index is 12.6. The Morgan fingerprint density at radius 2 is 1.86 bits per heavy atom. The Labute approximate surface area is 176 Å². The van der Waals surface area contributed by atoms with Crippen LogP contribution >= 0.6 is 23.2 Å². The van der Waals surface area contributed by atoms with Crippen molar-refractivity contribution in [2.75, 3.05) is 25.1 Å². The number of methoxy groups -OCH3 is 1. The highest BCUT2D eigenvalue weighted by Crippen LogP contribution is 2.36. The van der Waals surface area contributed by atoms with Crippen molar-refractivity contribution in [3.63, 3.8) is 0 Å². The molecule has 3 rings (SSSR count). The molecule has 0 amide bonds. The summed E-state index contributed by atoms with van der Waals surface area (Å²) in [7, 11) is -2.36. The van der Waals surface area contributed by atoms with Crippen molar-refractivity contribution in [2.24, 2.45) is 5.92 Å². The van der Waals surface area contributed by atoms with Crippen molar-refractivity contribution in [3.05, 3.63) is 52.0 Å². The summed E-state index contributed by atoms with van der Waals surface area (Å²) in [4.78, 5) is 2.31. The van der Waals surface area contributed by atoms with E-state index in [4.69, 9.17) is 27.9 Å². The summed E-state index contributed by atoms with van der Waals surface area (Å²) in [6, 6.07) is 10.8. The number of ether oxygens (including phenoxy) is 1. The van der Waals surface area contributed by atoms with Gasteiger partial charge in [-0.1, -0.05) is 42.3 Å². The fourth-order valence-corrected chi connectivity index (χ4v) is 5.24. The van der Waals surface area contributed by atoms with Crippen molar-refractivity contribution in [1.29, 1.82) is 0 Å². The molecule has 0 bridgehead atoms. The SMILES string of the molecule is COc1ccc(S(=O)(=O)NCc2ccc(N3CCCC(C)C3)cc2)c(Cl)c1Cl. The molecule has 1 aliphatic heterocycles. The summed E-state index contributed by atoms with van der Waals surface area (Å²) >= 11 is 12.2. The van der Waals surface area contributed by atoms with Gasteiger partial charge < -0.3 is 9.64 Å². The normalized spacial score (nSPS) is 17.6. The smallest absolute Gasteiger partial charge is 0.242 e. The average Bonchev–Trinajstić information content (AvgIpc) is 2.69. The summed E-state index contributed by atoms with van der Waals surface area (Å²) < 4.78 is 32.9. The molecule has 0 radical (unpaired) electrons. The molecule has 1 unspecified atom stereocenters. The van der Waals surface area contributed by atoms with Crippen LogP contribution in [0.4, 0.5) is 5.69 Å². The summed E-state index contributed by atoms with van der Waals surface area (Å²) in [6.07, 6.45) is 2.47. The van der Waals surface area contributed by atoms with Gasteiger partial charge in [0.1, 0.15) is 15.7 Å². The molecule has 8 heteroatoms. The Morgan fingerprint density at radius 3 is 2.50 bits per heavy atom. The molecule has 0 aromatic heterocycles. The average molecular weight is 443 g/mol. The molecule has 1 heterocycles. The quantitative estimate of drug-likeness (QED) is 0.702. The number of hydrogen-bond acceptors (Lipinski definition) is 4. The molecule has 1 N–H and O–H groups in total.